The molecule has 1 nitrogen and oxygen atoms in total. The molecule has 0 saturated heterocycles. The van der Waals surface area contributed by atoms with Crippen molar-refractivity contribution in [1.82, 2.24) is 0 Å². The zero-order valence-electron chi connectivity index (χ0n) is 29.4. The highest BCUT2D eigenvalue weighted by atomic mass is 32.1. The summed E-state index contributed by atoms with van der Waals surface area (Å²) in [5.41, 5.74) is 8.27. The van der Waals surface area contributed by atoms with Gasteiger partial charge in [-0.25, -0.2) is 0 Å². The fourth-order valence-corrected chi connectivity index (χ4v) is 9.66. The summed E-state index contributed by atoms with van der Waals surface area (Å²) in [4.78, 5) is 2.40. The van der Waals surface area contributed by atoms with Crippen LogP contribution >= 0.6 is 11.3 Å². The monoisotopic (exact) mass is 703 g/mol. The van der Waals surface area contributed by atoms with Crippen molar-refractivity contribution >= 4 is 91.7 Å². The molecule has 0 spiro atoms. The Hall–Kier alpha value is -6.74. The van der Waals surface area contributed by atoms with Crippen LogP contribution < -0.4 is 4.90 Å². The lowest BCUT2D eigenvalue weighted by Crippen LogP contribution is -2.10. The third kappa shape index (κ3) is 4.99. The predicted octanol–water partition coefficient (Wildman–Crippen LogP) is 15.5. The highest BCUT2D eigenvalue weighted by Gasteiger charge is 2.17. The van der Waals surface area contributed by atoms with Gasteiger partial charge in [-0.3, -0.25) is 0 Å². The minimum Gasteiger partial charge on any atom is -0.310 e. The maximum absolute atomic E-state index is 2.40. The molecular formula is C52H33NS. The van der Waals surface area contributed by atoms with E-state index in [4.69, 9.17) is 0 Å². The van der Waals surface area contributed by atoms with Gasteiger partial charge in [0.2, 0.25) is 0 Å². The van der Waals surface area contributed by atoms with Gasteiger partial charge in [-0.15, -0.1) is 11.3 Å². The quantitative estimate of drug-likeness (QED) is 0.161. The average molecular weight is 704 g/mol. The number of hydrogen-bond donors (Lipinski definition) is 0. The van der Waals surface area contributed by atoms with Crippen LogP contribution in [0.4, 0.5) is 17.1 Å². The van der Waals surface area contributed by atoms with E-state index in [2.05, 4.69) is 205 Å². The van der Waals surface area contributed by atoms with Crippen molar-refractivity contribution in [2.75, 3.05) is 4.90 Å². The fourth-order valence-electron chi connectivity index (χ4n) is 8.42. The van der Waals surface area contributed by atoms with Gasteiger partial charge in [0.1, 0.15) is 0 Å². The molecule has 252 valence electrons. The molecule has 0 aliphatic carbocycles. The molecule has 11 aromatic rings. The van der Waals surface area contributed by atoms with Crippen LogP contribution in [-0.4, -0.2) is 0 Å². The van der Waals surface area contributed by atoms with Crippen molar-refractivity contribution in [3.63, 3.8) is 0 Å². The number of nitrogens with zero attached hydrogens (tertiary/aromatic N) is 1. The second kappa shape index (κ2) is 12.4. The number of thiophene rings is 1. The van der Waals surface area contributed by atoms with E-state index < -0.39 is 0 Å². The Balaban J connectivity index is 1.07. The predicted molar refractivity (Wildman–Crippen MR) is 235 cm³/mol. The molecule has 0 fully saturated rings. The summed E-state index contributed by atoms with van der Waals surface area (Å²) < 4.78 is 2.66. The molecule has 0 atom stereocenters. The van der Waals surface area contributed by atoms with Crippen LogP contribution in [0.25, 0.3) is 85.5 Å². The van der Waals surface area contributed by atoms with Crippen molar-refractivity contribution in [3.05, 3.63) is 200 Å². The minimum absolute atomic E-state index is 1.11. The molecule has 0 unspecified atom stereocenters. The molecule has 1 heterocycles. The number of hydrogen-bond acceptors (Lipinski definition) is 2. The van der Waals surface area contributed by atoms with Gasteiger partial charge in [0.25, 0.3) is 0 Å². The van der Waals surface area contributed by atoms with Crippen molar-refractivity contribution in [1.29, 1.82) is 0 Å². The molecule has 11 rings (SSSR count). The second-order valence-electron chi connectivity index (χ2n) is 14.1. The summed E-state index contributed by atoms with van der Waals surface area (Å²) in [6.45, 7) is 0. The topological polar surface area (TPSA) is 3.24 Å². The molecule has 1 aromatic heterocycles. The standard InChI is InChI=1S/C52H33NS/c1-2-11-37-32-38(21-20-34(37)10-1)35-22-26-39(27-23-35)53(41-30-31-47-45-14-4-3-12-43(45)44-13-5-6-15-46(44)50(47)33-41)40-28-24-36(25-29-40)42-17-9-18-49-48-16-7-8-19-51(48)54-52(42)49/h1-33H. The molecule has 0 aliphatic rings. The van der Waals surface area contributed by atoms with Crippen LogP contribution in [-0.2, 0) is 0 Å². The first kappa shape index (κ1) is 30.8. The first-order chi connectivity index (χ1) is 26.8. The molecule has 0 aliphatic heterocycles. The van der Waals surface area contributed by atoms with E-state index in [1.165, 1.54) is 85.5 Å². The van der Waals surface area contributed by atoms with Crippen molar-refractivity contribution in [3.8, 4) is 22.3 Å². The molecule has 0 saturated carbocycles. The Morgan fingerprint density at radius 1 is 0.296 bits per heavy atom. The van der Waals surface area contributed by atoms with Gasteiger partial charge >= 0.3 is 0 Å². The smallest absolute Gasteiger partial charge is 0.0468 e. The summed E-state index contributed by atoms with van der Waals surface area (Å²) in [7, 11) is 0. The van der Waals surface area contributed by atoms with Crippen LogP contribution in [0.2, 0.25) is 0 Å². The number of fused-ring (bicyclic) bond motifs is 10. The van der Waals surface area contributed by atoms with E-state index >= 15 is 0 Å². The van der Waals surface area contributed by atoms with Crippen LogP contribution in [0.5, 0.6) is 0 Å². The highest BCUT2D eigenvalue weighted by molar-refractivity contribution is 7.26. The molecule has 54 heavy (non-hydrogen) atoms. The molecule has 0 bridgehead atoms. The van der Waals surface area contributed by atoms with Crippen LogP contribution in [0.1, 0.15) is 0 Å². The van der Waals surface area contributed by atoms with Crippen LogP contribution in [0, 0.1) is 0 Å². The normalized spacial score (nSPS) is 11.7. The molecule has 0 N–H and O–H groups in total. The van der Waals surface area contributed by atoms with Gasteiger partial charge in [-0.2, -0.15) is 0 Å². The maximum atomic E-state index is 2.40. The van der Waals surface area contributed by atoms with E-state index in [9.17, 15) is 0 Å². The minimum atomic E-state index is 1.11. The van der Waals surface area contributed by atoms with E-state index in [1.807, 2.05) is 11.3 Å². The molecule has 0 radical (unpaired) electrons. The molecule has 0 amide bonds. The van der Waals surface area contributed by atoms with Gasteiger partial charge in [0.15, 0.2) is 0 Å². The summed E-state index contributed by atoms with van der Waals surface area (Å²) in [6, 6.07) is 73.5. The number of benzene rings is 10. The first-order valence-corrected chi connectivity index (χ1v) is 19.3. The molecule has 10 aromatic carbocycles. The van der Waals surface area contributed by atoms with Gasteiger partial charge in [-0.1, -0.05) is 152 Å². The number of anilines is 3. The summed E-state index contributed by atoms with van der Waals surface area (Å²) >= 11 is 1.88. The zero-order chi connectivity index (χ0) is 35.6. The summed E-state index contributed by atoms with van der Waals surface area (Å²) in [6.07, 6.45) is 0. The van der Waals surface area contributed by atoms with Gasteiger partial charge in [0, 0.05) is 37.2 Å². The summed E-state index contributed by atoms with van der Waals surface area (Å²) in [5.74, 6) is 0. The van der Waals surface area contributed by atoms with Gasteiger partial charge in [-0.05, 0) is 114 Å². The Kier molecular flexibility index (Phi) is 7.11. The lowest BCUT2D eigenvalue weighted by atomic mass is 9.94. The lowest BCUT2D eigenvalue weighted by molar-refractivity contribution is 1.29. The molecular weight excluding hydrogens is 671 g/mol. The van der Waals surface area contributed by atoms with Crippen molar-refractivity contribution in [2.24, 2.45) is 0 Å². The Labute approximate surface area is 317 Å². The van der Waals surface area contributed by atoms with Crippen molar-refractivity contribution < 1.29 is 0 Å². The van der Waals surface area contributed by atoms with Gasteiger partial charge in [0.05, 0.1) is 0 Å². The third-order valence-corrected chi connectivity index (χ3v) is 12.3. The Morgan fingerprint density at radius 3 is 1.52 bits per heavy atom. The summed E-state index contributed by atoms with van der Waals surface area (Å²) in [5, 5.41) is 12.8. The van der Waals surface area contributed by atoms with E-state index in [1.54, 1.807) is 0 Å². The van der Waals surface area contributed by atoms with E-state index in [0.29, 0.717) is 0 Å². The second-order valence-corrected chi connectivity index (χ2v) is 15.1. The lowest BCUT2D eigenvalue weighted by Gasteiger charge is -2.27. The first-order valence-electron chi connectivity index (χ1n) is 18.5. The number of rotatable bonds is 5. The maximum Gasteiger partial charge on any atom is 0.0468 e. The van der Waals surface area contributed by atoms with Crippen LogP contribution in [0.3, 0.4) is 0 Å². The van der Waals surface area contributed by atoms with Gasteiger partial charge < -0.3 is 4.90 Å². The molecule has 2 heteroatoms. The SMILES string of the molecule is c1ccc2cc(-c3ccc(N(c4ccc(-c5cccc6c5sc5ccccc56)cc4)c4ccc5c6ccccc6c6ccccc6c5c4)cc3)ccc2c1. The van der Waals surface area contributed by atoms with Crippen molar-refractivity contribution in [2.45, 2.75) is 0 Å². The highest BCUT2D eigenvalue weighted by Crippen LogP contribution is 2.43. The average Bonchev–Trinajstić information content (AvgIpc) is 3.63. The Morgan fingerprint density at radius 2 is 0.815 bits per heavy atom. The zero-order valence-corrected chi connectivity index (χ0v) is 30.2. The third-order valence-electron chi connectivity index (χ3n) is 11.0. The largest absolute Gasteiger partial charge is 0.310 e. The Bertz CT molecular complexity index is 3170. The van der Waals surface area contributed by atoms with Crippen LogP contribution in [0.15, 0.2) is 200 Å². The fraction of sp³-hybridized carbons (Fsp3) is 0. The van der Waals surface area contributed by atoms with E-state index in [0.717, 1.165) is 17.1 Å². The van der Waals surface area contributed by atoms with E-state index in [-0.39, 0.29) is 0 Å².